The smallest absolute Gasteiger partial charge is 0.308 e. The fourth-order valence-corrected chi connectivity index (χ4v) is 7.89. The number of ketones is 1. The van der Waals surface area contributed by atoms with Gasteiger partial charge in [-0.25, -0.2) is 0 Å². The van der Waals surface area contributed by atoms with Crippen molar-refractivity contribution >= 4 is 29.7 Å². The third-order valence-corrected chi connectivity index (χ3v) is 10.3. The topological polar surface area (TPSA) is 146 Å². The lowest BCUT2D eigenvalue weighted by molar-refractivity contribution is -0.173. The van der Waals surface area contributed by atoms with Crippen LogP contribution in [0, 0.1) is 16.7 Å². The molecule has 1 saturated carbocycles. The van der Waals surface area contributed by atoms with Gasteiger partial charge in [0.2, 0.25) is 0 Å². The Morgan fingerprint density at radius 3 is 2.06 bits per heavy atom. The molecule has 0 amide bonds. The Morgan fingerprint density at radius 1 is 0.896 bits per heavy atom. The highest BCUT2D eigenvalue weighted by Gasteiger charge is 2.58. The first-order chi connectivity index (χ1) is 22.4. The molecule has 0 radical (unpaired) electrons. The van der Waals surface area contributed by atoms with E-state index in [1.54, 1.807) is 19.9 Å². The largest absolute Gasteiger partial charge is 0.461 e. The number of hydrogen-bond acceptors (Lipinski definition) is 11. The molecule has 1 aromatic carbocycles. The zero-order valence-electron chi connectivity index (χ0n) is 29.4. The van der Waals surface area contributed by atoms with Crippen LogP contribution in [0.1, 0.15) is 85.8 Å². The normalized spacial score (nSPS) is 31.6. The maximum absolute atomic E-state index is 14.9. The number of carbonyl (C=O) groups excluding carboxylic acids is 5. The molecule has 0 heterocycles. The van der Waals surface area contributed by atoms with Crippen molar-refractivity contribution in [1.82, 2.24) is 4.90 Å². The van der Waals surface area contributed by atoms with Crippen LogP contribution in [0.25, 0.3) is 0 Å². The minimum Gasteiger partial charge on any atom is -0.461 e. The summed E-state index contributed by atoms with van der Waals surface area (Å²) in [7, 11) is 3.75. The molecule has 4 rings (SSSR count). The number of fused-ring (bicyclic) bond motifs is 4. The van der Waals surface area contributed by atoms with E-state index in [-0.39, 0.29) is 31.7 Å². The number of aliphatic hydroxyl groups excluding tert-OH is 1. The molecule has 262 valence electrons. The van der Waals surface area contributed by atoms with E-state index in [0.29, 0.717) is 16.7 Å². The molecule has 0 unspecified atom stereocenters. The fraction of sp³-hybridized carbons (Fsp3) is 0.595. The highest BCUT2D eigenvalue weighted by Crippen LogP contribution is 2.53. The standard InChI is InChI=1S/C37H49NO10/c1-20-29(45-21(2)39)16-26-28(42)15-25-19-37(7,35(44)34(47-23(4)41)33(20)36(26,5)6)31(46-22(3)40)18-30(25)48-32(43)17-27(38(8)9)24-13-11-10-12-14-24/h10-15,26-31,34,42H,16-19H2,1-9H3/b25-15+/t26-,27+,28-,29-,30-,31-,34+,37-/m0/s1. The van der Waals surface area contributed by atoms with E-state index in [2.05, 4.69) is 0 Å². The van der Waals surface area contributed by atoms with Crippen molar-refractivity contribution < 1.29 is 48.0 Å². The molecule has 8 atom stereocenters. The van der Waals surface area contributed by atoms with E-state index < -0.39 is 76.9 Å². The molecule has 3 aliphatic rings. The number of benzene rings is 1. The summed E-state index contributed by atoms with van der Waals surface area (Å²) in [4.78, 5) is 67.6. The van der Waals surface area contributed by atoms with Gasteiger partial charge in [0.25, 0.3) is 0 Å². The molecule has 11 heteroatoms. The van der Waals surface area contributed by atoms with Crippen molar-refractivity contribution in [3.8, 4) is 0 Å². The van der Waals surface area contributed by atoms with E-state index in [0.717, 1.165) is 5.56 Å². The predicted molar refractivity (Wildman–Crippen MR) is 175 cm³/mol. The van der Waals surface area contributed by atoms with Gasteiger partial charge in [-0.05, 0) is 68.5 Å². The van der Waals surface area contributed by atoms with Crippen molar-refractivity contribution in [2.24, 2.45) is 16.7 Å². The molecule has 0 spiro atoms. The van der Waals surface area contributed by atoms with Crippen molar-refractivity contribution in [2.75, 3.05) is 14.1 Å². The molecule has 1 fully saturated rings. The van der Waals surface area contributed by atoms with Gasteiger partial charge in [-0.1, -0.05) is 50.3 Å². The van der Waals surface area contributed by atoms with Crippen LogP contribution in [0.15, 0.2) is 53.1 Å². The number of nitrogens with zero attached hydrogens (tertiary/aromatic N) is 1. The second-order valence-corrected chi connectivity index (χ2v) is 14.3. The molecule has 4 bridgehead atoms. The Labute approximate surface area is 282 Å². The number of aliphatic hydroxyl groups is 1. The summed E-state index contributed by atoms with van der Waals surface area (Å²) in [6.07, 6.45) is -3.48. The van der Waals surface area contributed by atoms with Gasteiger partial charge in [-0.3, -0.25) is 24.0 Å². The Morgan fingerprint density at radius 2 is 1.50 bits per heavy atom. The molecule has 0 saturated heterocycles. The summed E-state index contributed by atoms with van der Waals surface area (Å²) in [5.41, 5.74) is 0.0609. The molecular formula is C37H49NO10. The van der Waals surface area contributed by atoms with Gasteiger partial charge in [0.1, 0.15) is 18.3 Å². The first-order valence-corrected chi connectivity index (χ1v) is 16.4. The zero-order chi connectivity index (χ0) is 35.7. The van der Waals surface area contributed by atoms with Crippen LogP contribution in [0.4, 0.5) is 0 Å². The zero-order valence-corrected chi connectivity index (χ0v) is 29.4. The summed E-state index contributed by atoms with van der Waals surface area (Å²) >= 11 is 0. The molecule has 48 heavy (non-hydrogen) atoms. The molecular weight excluding hydrogens is 618 g/mol. The number of Topliss-reactive ketones (excluding diaryl/α,β-unsaturated/α-hetero) is 1. The molecule has 3 aliphatic carbocycles. The number of esters is 4. The van der Waals surface area contributed by atoms with E-state index in [4.69, 9.17) is 18.9 Å². The van der Waals surface area contributed by atoms with Crippen molar-refractivity contribution in [2.45, 2.75) is 111 Å². The SMILES string of the molecule is CC(=O)O[C@H]1C(=O)[C@@]2(C)C/C(=C\[C@H](O)[C@@H]3C[C@H](OC(C)=O)C(C)=C1C3(C)C)[C@@H](OC(=O)C[C@H](c1ccccc1)N(C)C)C[C@@H]2OC(C)=O. The predicted octanol–water partition coefficient (Wildman–Crippen LogP) is 4.42. The molecule has 1 N–H and O–H groups in total. The lowest BCUT2D eigenvalue weighted by Crippen LogP contribution is -2.57. The Balaban J connectivity index is 1.84. The van der Waals surface area contributed by atoms with E-state index in [1.165, 1.54) is 20.8 Å². The van der Waals surface area contributed by atoms with Crippen molar-refractivity contribution in [3.63, 3.8) is 0 Å². The fourth-order valence-electron chi connectivity index (χ4n) is 7.89. The Hall–Kier alpha value is -3.83. The van der Waals surface area contributed by atoms with Crippen LogP contribution < -0.4 is 0 Å². The molecule has 0 aliphatic heterocycles. The maximum Gasteiger partial charge on any atom is 0.308 e. The summed E-state index contributed by atoms with van der Waals surface area (Å²) < 4.78 is 23.4. The maximum atomic E-state index is 14.9. The Bertz CT molecular complexity index is 1490. The van der Waals surface area contributed by atoms with Gasteiger partial charge in [0.05, 0.1) is 17.9 Å². The number of rotatable bonds is 8. The van der Waals surface area contributed by atoms with Gasteiger partial charge in [-0.2, -0.15) is 0 Å². The van der Waals surface area contributed by atoms with Gasteiger partial charge in [0, 0.05) is 39.2 Å². The lowest BCUT2D eigenvalue weighted by Gasteiger charge is -2.51. The molecule has 11 nitrogen and oxygen atoms in total. The van der Waals surface area contributed by atoms with Crippen LogP contribution in [-0.4, -0.2) is 84.3 Å². The van der Waals surface area contributed by atoms with E-state index in [1.807, 2.05) is 63.2 Å². The summed E-state index contributed by atoms with van der Waals surface area (Å²) in [6.45, 7) is 10.8. The minimum absolute atomic E-state index is 0.0272. The summed E-state index contributed by atoms with van der Waals surface area (Å²) in [5.74, 6) is -3.46. The number of ether oxygens (including phenoxy) is 4. The number of hydrogen-bond donors (Lipinski definition) is 1. The molecule has 0 aromatic heterocycles. The van der Waals surface area contributed by atoms with Crippen LogP contribution in [0.5, 0.6) is 0 Å². The van der Waals surface area contributed by atoms with Crippen LogP contribution >= 0.6 is 0 Å². The second kappa shape index (κ2) is 14.3. The third-order valence-electron chi connectivity index (χ3n) is 10.3. The summed E-state index contributed by atoms with van der Waals surface area (Å²) in [6, 6.07) is 9.29. The van der Waals surface area contributed by atoms with Gasteiger partial charge in [-0.15, -0.1) is 0 Å². The Kier molecular flexibility index (Phi) is 11.1. The lowest BCUT2D eigenvalue weighted by atomic mass is 9.57. The average Bonchev–Trinajstić information content (AvgIpc) is 2.97. The quantitative estimate of drug-likeness (QED) is 0.239. The second-order valence-electron chi connectivity index (χ2n) is 14.3. The number of carbonyl (C=O) groups is 5. The summed E-state index contributed by atoms with van der Waals surface area (Å²) in [5, 5.41) is 11.9. The van der Waals surface area contributed by atoms with Crippen molar-refractivity contribution in [3.05, 3.63) is 58.7 Å². The first kappa shape index (κ1) is 37.0. The first-order valence-electron chi connectivity index (χ1n) is 16.4. The minimum atomic E-state index is -1.44. The van der Waals surface area contributed by atoms with Crippen LogP contribution in [-0.2, 0) is 42.9 Å². The molecule has 1 aromatic rings. The van der Waals surface area contributed by atoms with Gasteiger partial charge < -0.3 is 29.0 Å². The average molecular weight is 668 g/mol. The highest BCUT2D eigenvalue weighted by atomic mass is 16.6. The van der Waals surface area contributed by atoms with Gasteiger partial charge in [0.15, 0.2) is 11.9 Å². The van der Waals surface area contributed by atoms with Crippen LogP contribution in [0.3, 0.4) is 0 Å². The van der Waals surface area contributed by atoms with Crippen LogP contribution in [0.2, 0.25) is 0 Å². The monoisotopic (exact) mass is 667 g/mol. The van der Waals surface area contributed by atoms with E-state index >= 15 is 0 Å². The van der Waals surface area contributed by atoms with Gasteiger partial charge >= 0.3 is 23.9 Å². The third kappa shape index (κ3) is 7.57. The van der Waals surface area contributed by atoms with E-state index in [9.17, 15) is 29.1 Å². The van der Waals surface area contributed by atoms with Crippen molar-refractivity contribution in [1.29, 1.82) is 0 Å². The highest BCUT2D eigenvalue weighted by molar-refractivity contribution is 5.94.